The minimum absolute atomic E-state index is 0.0859. The van der Waals surface area contributed by atoms with E-state index in [-0.39, 0.29) is 5.78 Å². The summed E-state index contributed by atoms with van der Waals surface area (Å²) in [5, 5.41) is 0. The van der Waals surface area contributed by atoms with Gasteiger partial charge in [-0.05, 0) is 26.0 Å². The summed E-state index contributed by atoms with van der Waals surface area (Å²) in [4.78, 5) is 18.5. The van der Waals surface area contributed by atoms with Crippen LogP contribution in [0.1, 0.15) is 23.0 Å². The number of Topliss-reactive ketones (excluding diaryl/α,β-unsaturated/α-hetero) is 1. The van der Waals surface area contributed by atoms with E-state index in [1.54, 1.807) is 25.3 Å². The third-order valence-corrected chi connectivity index (χ3v) is 2.51. The molecule has 0 unspecified atom stereocenters. The number of carbonyl (C=O) groups is 1. The Bertz CT molecular complexity index is 585. The molecule has 5 heteroatoms. The normalized spacial score (nSPS) is 10.4. The number of carbonyl (C=O) groups excluding carboxylic acids is 1. The highest BCUT2D eigenvalue weighted by atomic mass is 32.1. The Balaban J connectivity index is 2.63. The maximum atomic E-state index is 11.3. The number of nitrogens with zero attached hydrogens (tertiary/aromatic N) is 1. The Morgan fingerprint density at radius 3 is 2.81 bits per heavy atom. The lowest BCUT2D eigenvalue weighted by Crippen LogP contribution is -2.03. The molecule has 0 spiro atoms. The molecule has 0 aromatic carbocycles. The van der Waals surface area contributed by atoms with E-state index in [0.717, 1.165) is 0 Å². The van der Waals surface area contributed by atoms with Crippen LogP contribution in [0.3, 0.4) is 0 Å². The maximum absolute atomic E-state index is 11.3. The van der Waals surface area contributed by atoms with Crippen molar-refractivity contribution < 1.29 is 9.21 Å². The zero-order valence-corrected chi connectivity index (χ0v) is 9.72. The zero-order valence-electron chi connectivity index (χ0n) is 8.90. The van der Waals surface area contributed by atoms with Crippen LogP contribution in [-0.4, -0.2) is 15.8 Å². The molecular formula is C11H10N2O2S. The van der Waals surface area contributed by atoms with Crippen LogP contribution in [0, 0.1) is 11.6 Å². The van der Waals surface area contributed by atoms with Crippen molar-refractivity contribution in [3.8, 4) is 11.6 Å². The van der Waals surface area contributed by atoms with Crippen LogP contribution in [0.15, 0.2) is 22.8 Å². The van der Waals surface area contributed by atoms with Gasteiger partial charge in [0.1, 0.15) is 4.64 Å². The topological polar surface area (TPSA) is 58.9 Å². The number of hydrogen-bond donors (Lipinski definition) is 1. The fourth-order valence-corrected chi connectivity index (χ4v) is 1.92. The van der Waals surface area contributed by atoms with Gasteiger partial charge in [0.25, 0.3) is 0 Å². The average molecular weight is 234 g/mol. The molecule has 1 N–H and O–H groups in total. The molecule has 0 radical (unpaired) electrons. The Kier molecular flexibility index (Phi) is 2.70. The van der Waals surface area contributed by atoms with Gasteiger partial charge in [-0.15, -0.1) is 0 Å². The third-order valence-electron chi connectivity index (χ3n) is 2.21. The molecule has 0 aliphatic heterocycles. The van der Waals surface area contributed by atoms with Crippen molar-refractivity contribution >= 4 is 18.0 Å². The Hall–Kier alpha value is -1.75. The molecule has 0 aliphatic carbocycles. The number of ketones is 1. The molecule has 0 bridgehead atoms. The Morgan fingerprint density at radius 1 is 1.56 bits per heavy atom. The quantitative estimate of drug-likeness (QED) is 0.641. The van der Waals surface area contributed by atoms with Crippen LogP contribution in [0.2, 0.25) is 0 Å². The van der Waals surface area contributed by atoms with Gasteiger partial charge >= 0.3 is 0 Å². The van der Waals surface area contributed by atoms with Crippen LogP contribution in [0.25, 0.3) is 11.6 Å². The number of nitrogens with one attached hydrogen (secondary N) is 1. The highest BCUT2D eigenvalue weighted by Crippen LogP contribution is 2.17. The summed E-state index contributed by atoms with van der Waals surface area (Å²) in [6.07, 6.45) is 1.56. The molecule has 0 fully saturated rings. The maximum Gasteiger partial charge on any atom is 0.175 e. The van der Waals surface area contributed by atoms with Crippen LogP contribution >= 0.6 is 12.2 Å². The second-order valence-corrected chi connectivity index (χ2v) is 3.81. The van der Waals surface area contributed by atoms with Gasteiger partial charge < -0.3 is 9.40 Å². The molecule has 0 amide bonds. The van der Waals surface area contributed by atoms with E-state index in [2.05, 4.69) is 9.97 Å². The summed E-state index contributed by atoms with van der Waals surface area (Å²) in [5.41, 5.74) is 1.17. The summed E-state index contributed by atoms with van der Waals surface area (Å²) >= 11 is 5.08. The molecule has 4 nitrogen and oxygen atoms in total. The second kappa shape index (κ2) is 4.02. The van der Waals surface area contributed by atoms with Gasteiger partial charge in [0.15, 0.2) is 17.4 Å². The molecular weight excluding hydrogens is 224 g/mol. The van der Waals surface area contributed by atoms with Crippen LogP contribution < -0.4 is 0 Å². The SMILES string of the molecule is CC(=O)c1c(C)[nH]c(-c2ccco2)nc1=S. The molecule has 0 saturated heterocycles. The molecule has 0 aliphatic rings. The zero-order chi connectivity index (χ0) is 11.7. The molecule has 16 heavy (non-hydrogen) atoms. The van der Waals surface area contributed by atoms with Crippen LogP contribution in [0.4, 0.5) is 0 Å². The van der Waals surface area contributed by atoms with E-state index in [4.69, 9.17) is 16.6 Å². The van der Waals surface area contributed by atoms with Crippen molar-refractivity contribution in [1.29, 1.82) is 0 Å². The van der Waals surface area contributed by atoms with E-state index in [1.165, 1.54) is 6.92 Å². The molecule has 0 atom stereocenters. The van der Waals surface area contributed by atoms with Crippen LogP contribution in [0.5, 0.6) is 0 Å². The van der Waals surface area contributed by atoms with Crippen LogP contribution in [-0.2, 0) is 0 Å². The highest BCUT2D eigenvalue weighted by molar-refractivity contribution is 7.71. The minimum atomic E-state index is -0.0859. The smallest absolute Gasteiger partial charge is 0.175 e. The van der Waals surface area contributed by atoms with Crippen molar-refractivity contribution in [3.05, 3.63) is 34.3 Å². The van der Waals surface area contributed by atoms with E-state index in [0.29, 0.717) is 27.5 Å². The number of aromatic nitrogens is 2. The molecule has 0 saturated carbocycles. The number of aryl methyl sites for hydroxylation is 1. The van der Waals surface area contributed by atoms with Gasteiger partial charge in [0.05, 0.1) is 11.8 Å². The fraction of sp³-hybridized carbons (Fsp3) is 0.182. The monoisotopic (exact) mass is 234 g/mol. The van der Waals surface area contributed by atoms with E-state index < -0.39 is 0 Å². The fourth-order valence-electron chi connectivity index (χ4n) is 1.53. The summed E-state index contributed by atoms with van der Waals surface area (Å²) < 4.78 is 5.51. The number of aromatic amines is 1. The molecule has 82 valence electrons. The first-order valence-corrected chi connectivity index (χ1v) is 5.16. The summed E-state index contributed by atoms with van der Waals surface area (Å²) in [5.74, 6) is 1.05. The van der Waals surface area contributed by atoms with Crippen molar-refractivity contribution in [3.63, 3.8) is 0 Å². The predicted octanol–water partition coefficient (Wildman–Crippen LogP) is 2.91. The average Bonchev–Trinajstić information content (AvgIpc) is 2.67. The summed E-state index contributed by atoms with van der Waals surface area (Å²) in [6.45, 7) is 3.26. The Morgan fingerprint density at radius 2 is 2.31 bits per heavy atom. The van der Waals surface area contributed by atoms with E-state index >= 15 is 0 Å². The molecule has 2 rings (SSSR count). The third kappa shape index (κ3) is 1.81. The van der Waals surface area contributed by atoms with Gasteiger partial charge in [-0.3, -0.25) is 4.79 Å². The largest absolute Gasteiger partial charge is 0.461 e. The number of furan rings is 1. The van der Waals surface area contributed by atoms with Gasteiger partial charge in [-0.2, -0.15) is 0 Å². The predicted molar refractivity (Wildman–Crippen MR) is 61.9 cm³/mol. The van der Waals surface area contributed by atoms with Gasteiger partial charge in [0.2, 0.25) is 0 Å². The molecule has 2 heterocycles. The number of rotatable bonds is 2. The standard InChI is InChI=1S/C11H10N2O2S/c1-6-9(7(2)14)11(16)13-10(12-6)8-4-3-5-15-8/h3-5H,1-2H3,(H,12,13,16). The lowest BCUT2D eigenvalue weighted by Gasteiger charge is -2.04. The van der Waals surface area contributed by atoms with Gasteiger partial charge in [-0.1, -0.05) is 12.2 Å². The number of hydrogen-bond acceptors (Lipinski definition) is 4. The lowest BCUT2D eigenvalue weighted by atomic mass is 10.2. The second-order valence-electron chi connectivity index (χ2n) is 3.42. The van der Waals surface area contributed by atoms with Crippen molar-refractivity contribution in [2.24, 2.45) is 0 Å². The first kappa shape index (κ1) is 10.8. The highest BCUT2D eigenvalue weighted by Gasteiger charge is 2.11. The lowest BCUT2D eigenvalue weighted by molar-refractivity contribution is 0.101. The van der Waals surface area contributed by atoms with Crippen molar-refractivity contribution in [2.75, 3.05) is 0 Å². The summed E-state index contributed by atoms with van der Waals surface area (Å²) in [6, 6.07) is 3.54. The Labute approximate surface area is 97.3 Å². The molecule has 2 aromatic rings. The van der Waals surface area contributed by atoms with Crippen molar-refractivity contribution in [1.82, 2.24) is 9.97 Å². The first-order valence-electron chi connectivity index (χ1n) is 4.75. The van der Waals surface area contributed by atoms with Gasteiger partial charge in [-0.25, -0.2) is 4.98 Å². The minimum Gasteiger partial charge on any atom is -0.461 e. The van der Waals surface area contributed by atoms with Gasteiger partial charge in [0, 0.05) is 5.69 Å². The first-order chi connectivity index (χ1) is 7.59. The summed E-state index contributed by atoms with van der Waals surface area (Å²) in [7, 11) is 0. The number of H-pyrrole nitrogens is 1. The van der Waals surface area contributed by atoms with E-state index in [9.17, 15) is 4.79 Å². The van der Waals surface area contributed by atoms with E-state index in [1.807, 2.05) is 0 Å². The molecule has 2 aromatic heterocycles. The van der Waals surface area contributed by atoms with Crippen molar-refractivity contribution in [2.45, 2.75) is 13.8 Å².